The van der Waals surface area contributed by atoms with Gasteiger partial charge in [0.05, 0.1) is 5.69 Å². The molecule has 0 saturated carbocycles. The second-order valence-corrected chi connectivity index (χ2v) is 5.37. The van der Waals surface area contributed by atoms with Crippen LogP contribution in [0.5, 0.6) is 0 Å². The molecule has 1 aromatic rings. The van der Waals surface area contributed by atoms with Gasteiger partial charge in [-0.15, -0.1) is 0 Å². The third kappa shape index (κ3) is 3.84. The molecule has 0 amide bonds. The number of rotatable bonds is 6. The summed E-state index contributed by atoms with van der Waals surface area (Å²) in [4.78, 5) is 0. The Morgan fingerprint density at radius 3 is 2.41 bits per heavy atom. The van der Waals surface area contributed by atoms with Crippen molar-refractivity contribution < 1.29 is 0 Å². The number of hydrogen-bond donors (Lipinski definition) is 1. The Morgan fingerprint density at radius 2 is 2.00 bits per heavy atom. The van der Waals surface area contributed by atoms with Crippen LogP contribution in [0.15, 0.2) is 6.07 Å². The molecule has 98 valence electrons. The van der Waals surface area contributed by atoms with E-state index in [0.29, 0.717) is 17.9 Å². The molecular formula is C14H27N3. The molecule has 2 unspecified atom stereocenters. The first-order valence-electron chi connectivity index (χ1n) is 6.68. The predicted molar refractivity (Wildman–Crippen MR) is 73.1 cm³/mol. The molecule has 2 atom stereocenters. The first-order valence-corrected chi connectivity index (χ1v) is 6.68. The SMILES string of the molecule is CCNC(Cc1cc(C)nn1C)C(C)C(C)C. The normalized spacial score (nSPS) is 15.2. The Morgan fingerprint density at radius 1 is 1.35 bits per heavy atom. The third-order valence-electron chi connectivity index (χ3n) is 3.68. The summed E-state index contributed by atoms with van der Waals surface area (Å²) in [6, 6.07) is 2.73. The average Bonchev–Trinajstić information content (AvgIpc) is 2.55. The molecule has 0 saturated heterocycles. The summed E-state index contributed by atoms with van der Waals surface area (Å²) in [7, 11) is 2.03. The van der Waals surface area contributed by atoms with E-state index in [9.17, 15) is 0 Å². The molecule has 0 bridgehead atoms. The van der Waals surface area contributed by atoms with Gasteiger partial charge in [0.1, 0.15) is 0 Å². The molecule has 3 nitrogen and oxygen atoms in total. The summed E-state index contributed by atoms with van der Waals surface area (Å²) >= 11 is 0. The van der Waals surface area contributed by atoms with Gasteiger partial charge >= 0.3 is 0 Å². The highest BCUT2D eigenvalue weighted by Gasteiger charge is 2.21. The number of nitrogens with zero attached hydrogens (tertiary/aromatic N) is 2. The summed E-state index contributed by atoms with van der Waals surface area (Å²) in [5, 5.41) is 8.02. The van der Waals surface area contributed by atoms with Gasteiger partial charge in [-0.3, -0.25) is 4.68 Å². The van der Waals surface area contributed by atoms with Gasteiger partial charge < -0.3 is 5.32 Å². The Balaban J connectivity index is 2.76. The lowest BCUT2D eigenvalue weighted by Crippen LogP contribution is -2.39. The van der Waals surface area contributed by atoms with Gasteiger partial charge in [-0.25, -0.2) is 0 Å². The zero-order valence-corrected chi connectivity index (χ0v) is 12.1. The summed E-state index contributed by atoms with van der Waals surface area (Å²) in [5.74, 6) is 1.37. The minimum Gasteiger partial charge on any atom is -0.314 e. The molecule has 17 heavy (non-hydrogen) atoms. The quantitative estimate of drug-likeness (QED) is 0.824. The Labute approximate surface area is 106 Å². The summed E-state index contributed by atoms with van der Waals surface area (Å²) < 4.78 is 2.01. The number of aromatic nitrogens is 2. The lowest BCUT2D eigenvalue weighted by atomic mass is 9.87. The van der Waals surface area contributed by atoms with Gasteiger partial charge in [-0.2, -0.15) is 5.10 Å². The van der Waals surface area contributed by atoms with Crippen molar-refractivity contribution in [2.75, 3.05) is 6.54 Å². The highest BCUT2D eigenvalue weighted by molar-refractivity contribution is 5.10. The molecule has 1 rings (SSSR count). The van der Waals surface area contributed by atoms with Crippen LogP contribution in [0.4, 0.5) is 0 Å². The average molecular weight is 237 g/mol. The fourth-order valence-corrected chi connectivity index (χ4v) is 2.25. The predicted octanol–water partition coefficient (Wildman–Crippen LogP) is 2.54. The first kappa shape index (κ1) is 14.2. The standard InChI is InChI=1S/C14H27N3/c1-7-15-14(12(5)10(2)3)9-13-8-11(4)16-17(13)6/h8,10,12,14-15H,7,9H2,1-6H3. The Kier molecular flexibility index (Phi) is 5.19. The molecule has 1 N–H and O–H groups in total. The number of likely N-dealkylation sites (N-methyl/N-ethyl adjacent to an activating group) is 1. The van der Waals surface area contributed by atoms with Crippen LogP contribution < -0.4 is 5.32 Å². The molecule has 0 radical (unpaired) electrons. The van der Waals surface area contributed by atoms with Crippen LogP contribution in [0.2, 0.25) is 0 Å². The minimum absolute atomic E-state index is 0.537. The van der Waals surface area contributed by atoms with Crippen LogP contribution in [0, 0.1) is 18.8 Å². The minimum atomic E-state index is 0.537. The van der Waals surface area contributed by atoms with Crippen molar-refractivity contribution in [2.45, 2.75) is 47.1 Å². The molecule has 1 aromatic heterocycles. The molecule has 0 aliphatic rings. The Bertz CT molecular complexity index is 341. The Hall–Kier alpha value is -0.830. The van der Waals surface area contributed by atoms with E-state index in [1.54, 1.807) is 0 Å². The molecule has 0 fully saturated rings. The molecule has 0 aromatic carbocycles. The van der Waals surface area contributed by atoms with Crippen molar-refractivity contribution in [2.24, 2.45) is 18.9 Å². The zero-order valence-electron chi connectivity index (χ0n) is 12.1. The van der Waals surface area contributed by atoms with Crippen molar-refractivity contribution in [1.29, 1.82) is 0 Å². The second-order valence-electron chi connectivity index (χ2n) is 5.37. The third-order valence-corrected chi connectivity index (χ3v) is 3.68. The molecule has 0 aliphatic heterocycles. The van der Waals surface area contributed by atoms with Gasteiger partial charge in [0, 0.05) is 25.2 Å². The van der Waals surface area contributed by atoms with Gasteiger partial charge in [-0.1, -0.05) is 27.7 Å². The van der Waals surface area contributed by atoms with Gasteiger partial charge in [0.2, 0.25) is 0 Å². The smallest absolute Gasteiger partial charge is 0.0596 e. The van der Waals surface area contributed by atoms with Gasteiger partial charge in [0.25, 0.3) is 0 Å². The maximum Gasteiger partial charge on any atom is 0.0596 e. The van der Waals surface area contributed by atoms with Crippen molar-refractivity contribution >= 4 is 0 Å². The van der Waals surface area contributed by atoms with E-state index in [1.165, 1.54) is 5.69 Å². The van der Waals surface area contributed by atoms with Crippen LogP contribution >= 0.6 is 0 Å². The van der Waals surface area contributed by atoms with Crippen molar-refractivity contribution in [3.63, 3.8) is 0 Å². The van der Waals surface area contributed by atoms with E-state index < -0.39 is 0 Å². The molecule has 1 heterocycles. The maximum atomic E-state index is 4.42. The second kappa shape index (κ2) is 6.20. The molecule has 0 aliphatic carbocycles. The fourth-order valence-electron chi connectivity index (χ4n) is 2.25. The molecule has 3 heteroatoms. The number of nitrogens with one attached hydrogen (secondary N) is 1. The summed E-state index contributed by atoms with van der Waals surface area (Å²) in [6.45, 7) is 12.2. The number of hydrogen-bond acceptors (Lipinski definition) is 2. The lowest BCUT2D eigenvalue weighted by molar-refractivity contribution is 0.297. The number of aryl methyl sites for hydroxylation is 2. The highest BCUT2D eigenvalue weighted by Crippen LogP contribution is 2.18. The largest absolute Gasteiger partial charge is 0.314 e. The fraction of sp³-hybridized carbons (Fsp3) is 0.786. The molecule has 0 spiro atoms. The lowest BCUT2D eigenvalue weighted by Gasteiger charge is -2.27. The van der Waals surface area contributed by atoms with Crippen molar-refractivity contribution in [1.82, 2.24) is 15.1 Å². The summed E-state index contributed by atoms with van der Waals surface area (Å²) in [5.41, 5.74) is 2.43. The first-order chi connectivity index (χ1) is 7.95. The monoisotopic (exact) mass is 237 g/mol. The topological polar surface area (TPSA) is 29.9 Å². The van der Waals surface area contributed by atoms with E-state index in [2.05, 4.69) is 51.1 Å². The van der Waals surface area contributed by atoms with Crippen LogP contribution in [0.1, 0.15) is 39.1 Å². The zero-order chi connectivity index (χ0) is 13.0. The van der Waals surface area contributed by atoms with Crippen LogP contribution in [-0.4, -0.2) is 22.4 Å². The van der Waals surface area contributed by atoms with Gasteiger partial charge in [0.15, 0.2) is 0 Å². The maximum absolute atomic E-state index is 4.42. The van der Waals surface area contributed by atoms with Crippen LogP contribution in [-0.2, 0) is 13.5 Å². The van der Waals surface area contributed by atoms with Gasteiger partial charge in [-0.05, 0) is 31.4 Å². The van der Waals surface area contributed by atoms with Crippen LogP contribution in [0.3, 0.4) is 0 Å². The van der Waals surface area contributed by atoms with E-state index in [1.807, 2.05) is 11.7 Å². The van der Waals surface area contributed by atoms with E-state index >= 15 is 0 Å². The van der Waals surface area contributed by atoms with Crippen LogP contribution in [0.25, 0.3) is 0 Å². The van der Waals surface area contributed by atoms with Crippen molar-refractivity contribution in [3.05, 3.63) is 17.5 Å². The highest BCUT2D eigenvalue weighted by atomic mass is 15.3. The van der Waals surface area contributed by atoms with E-state index in [0.717, 1.165) is 18.7 Å². The molecular weight excluding hydrogens is 210 g/mol. The van der Waals surface area contributed by atoms with E-state index in [-0.39, 0.29) is 0 Å². The summed E-state index contributed by atoms with van der Waals surface area (Å²) in [6.07, 6.45) is 1.06. The van der Waals surface area contributed by atoms with Crippen molar-refractivity contribution in [3.8, 4) is 0 Å². The van der Waals surface area contributed by atoms with E-state index in [4.69, 9.17) is 0 Å².